The molecule has 4 nitrogen and oxygen atoms in total. The standard InChI is InChI=1S/C11H17N3O/c1-4-6-9(12-5-2)10-7-11(15-3)14-8-13-10/h4,7-9,12H,1,5-6H2,2-3H3. The second kappa shape index (κ2) is 6.14. The molecular formula is C11H17N3O. The Morgan fingerprint density at radius 2 is 2.40 bits per heavy atom. The molecule has 0 aliphatic carbocycles. The summed E-state index contributed by atoms with van der Waals surface area (Å²) in [5, 5.41) is 3.33. The molecule has 1 heterocycles. The van der Waals surface area contributed by atoms with Crippen LogP contribution in [0.1, 0.15) is 25.1 Å². The minimum Gasteiger partial charge on any atom is -0.481 e. The third kappa shape index (κ3) is 3.32. The second-order valence-corrected chi connectivity index (χ2v) is 3.12. The highest BCUT2D eigenvalue weighted by Crippen LogP contribution is 2.17. The lowest BCUT2D eigenvalue weighted by molar-refractivity contribution is 0.394. The minimum absolute atomic E-state index is 0.185. The summed E-state index contributed by atoms with van der Waals surface area (Å²) in [6, 6.07) is 2.03. The van der Waals surface area contributed by atoms with Crippen LogP contribution in [-0.4, -0.2) is 23.6 Å². The molecule has 0 fully saturated rings. The molecule has 1 atom stereocenters. The van der Waals surface area contributed by atoms with Crippen LogP contribution in [0.3, 0.4) is 0 Å². The zero-order chi connectivity index (χ0) is 11.1. The number of ether oxygens (including phenoxy) is 1. The molecule has 0 spiro atoms. The molecule has 0 amide bonds. The molecule has 1 aromatic rings. The maximum Gasteiger partial charge on any atom is 0.216 e. The van der Waals surface area contributed by atoms with E-state index in [-0.39, 0.29) is 6.04 Å². The molecule has 15 heavy (non-hydrogen) atoms. The predicted octanol–water partition coefficient (Wildman–Crippen LogP) is 1.71. The average molecular weight is 207 g/mol. The van der Waals surface area contributed by atoms with Crippen LogP contribution in [0, 0.1) is 0 Å². The lowest BCUT2D eigenvalue weighted by Crippen LogP contribution is -2.21. The number of hydrogen-bond acceptors (Lipinski definition) is 4. The number of methoxy groups -OCH3 is 1. The molecule has 1 unspecified atom stereocenters. The van der Waals surface area contributed by atoms with E-state index in [2.05, 4.69) is 28.8 Å². The van der Waals surface area contributed by atoms with E-state index in [9.17, 15) is 0 Å². The largest absolute Gasteiger partial charge is 0.481 e. The molecule has 1 aromatic heterocycles. The van der Waals surface area contributed by atoms with E-state index in [0.717, 1.165) is 18.7 Å². The smallest absolute Gasteiger partial charge is 0.216 e. The van der Waals surface area contributed by atoms with Gasteiger partial charge in [0, 0.05) is 6.07 Å². The molecule has 0 bridgehead atoms. The van der Waals surface area contributed by atoms with E-state index in [1.165, 1.54) is 6.33 Å². The van der Waals surface area contributed by atoms with Crippen molar-refractivity contribution in [3.63, 3.8) is 0 Å². The Kier molecular flexibility index (Phi) is 4.77. The Labute approximate surface area is 90.4 Å². The van der Waals surface area contributed by atoms with E-state index in [1.54, 1.807) is 7.11 Å². The fourth-order valence-corrected chi connectivity index (χ4v) is 1.38. The van der Waals surface area contributed by atoms with Crippen LogP contribution < -0.4 is 10.1 Å². The summed E-state index contributed by atoms with van der Waals surface area (Å²) in [7, 11) is 1.60. The quantitative estimate of drug-likeness (QED) is 0.721. The first-order valence-electron chi connectivity index (χ1n) is 5.02. The van der Waals surface area contributed by atoms with Crippen LogP contribution in [0.4, 0.5) is 0 Å². The molecule has 1 N–H and O–H groups in total. The Bertz CT molecular complexity index is 314. The zero-order valence-corrected chi connectivity index (χ0v) is 9.23. The van der Waals surface area contributed by atoms with Crippen LogP contribution >= 0.6 is 0 Å². The van der Waals surface area contributed by atoms with E-state index >= 15 is 0 Å². The first kappa shape index (κ1) is 11.7. The summed E-state index contributed by atoms with van der Waals surface area (Å²) >= 11 is 0. The highest BCUT2D eigenvalue weighted by atomic mass is 16.5. The number of nitrogens with one attached hydrogen (secondary N) is 1. The molecule has 0 aliphatic rings. The maximum atomic E-state index is 5.06. The van der Waals surface area contributed by atoms with Crippen LogP contribution in [0.5, 0.6) is 5.88 Å². The lowest BCUT2D eigenvalue weighted by Gasteiger charge is -2.15. The lowest BCUT2D eigenvalue weighted by atomic mass is 10.1. The van der Waals surface area contributed by atoms with Crippen molar-refractivity contribution in [2.45, 2.75) is 19.4 Å². The minimum atomic E-state index is 0.185. The van der Waals surface area contributed by atoms with Gasteiger partial charge in [-0.2, -0.15) is 0 Å². The Morgan fingerprint density at radius 3 is 3.00 bits per heavy atom. The Balaban J connectivity index is 2.83. The molecular weight excluding hydrogens is 190 g/mol. The van der Waals surface area contributed by atoms with Crippen molar-refractivity contribution in [3.8, 4) is 5.88 Å². The molecule has 0 saturated heterocycles. The SMILES string of the molecule is C=CCC(NCC)c1cc(OC)ncn1. The monoisotopic (exact) mass is 207 g/mol. The number of aromatic nitrogens is 2. The van der Waals surface area contributed by atoms with Crippen molar-refractivity contribution >= 4 is 0 Å². The van der Waals surface area contributed by atoms with Crippen molar-refractivity contribution in [1.29, 1.82) is 0 Å². The molecule has 1 rings (SSSR count). The topological polar surface area (TPSA) is 47.0 Å². The van der Waals surface area contributed by atoms with Crippen molar-refractivity contribution in [1.82, 2.24) is 15.3 Å². The number of nitrogens with zero attached hydrogens (tertiary/aromatic N) is 2. The summed E-state index contributed by atoms with van der Waals surface area (Å²) in [6.45, 7) is 6.69. The molecule has 4 heteroatoms. The first-order chi connectivity index (χ1) is 7.31. The fraction of sp³-hybridized carbons (Fsp3) is 0.455. The third-order valence-electron chi connectivity index (χ3n) is 2.08. The molecule has 0 aliphatic heterocycles. The van der Waals surface area contributed by atoms with Gasteiger partial charge in [-0.15, -0.1) is 6.58 Å². The van der Waals surface area contributed by atoms with Gasteiger partial charge in [0.25, 0.3) is 0 Å². The summed E-state index contributed by atoms with van der Waals surface area (Å²) in [4.78, 5) is 8.20. The maximum absolute atomic E-state index is 5.06. The molecule has 82 valence electrons. The van der Waals surface area contributed by atoms with Crippen LogP contribution in [0.15, 0.2) is 25.0 Å². The normalized spacial score (nSPS) is 12.1. The first-order valence-corrected chi connectivity index (χ1v) is 5.02. The fourth-order valence-electron chi connectivity index (χ4n) is 1.38. The van der Waals surface area contributed by atoms with Crippen molar-refractivity contribution < 1.29 is 4.74 Å². The highest BCUT2D eigenvalue weighted by molar-refractivity contribution is 5.17. The second-order valence-electron chi connectivity index (χ2n) is 3.12. The Hall–Kier alpha value is -1.42. The highest BCUT2D eigenvalue weighted by Gasteiger charge is 2.10. The van der Waals surface area contributed by atoms with Crippen molar-refractivity contribution in [2.75, 3.05) is 13.7 Å². The Morgan fingerprint density at radius 1 is 1.60 bits per heavy atom. The molecule has 0 saturated carbocycles. The summed E-state index contributed by atoms with van der Waals surface area (Å²) in [6.07, 6.45) is 4.23. The van der Waals surface area contributed by atoms with Gasteiger partial charge in [-0.1, -0.05) is 13.0 Å². The zero-order valence-electron chi connectivity index (χ0n) is 9.23. The number of rotatable bonds is 6. The van der Waals surface area contributed by atoms with Gasteiger partial charge >= 0.3 is 0 Å². The third-order valence-corrected chi connectivity index (χ3v) is 2.08. The summed E-state index contributed by atoms with van der Waals surface area (Å²) in [5.41, 5.74) is 0.934. The summed E-state index contributed by atoms with van der Waals surface area (Å²) < 4.78 is 5.06. The van der Waals surface area contributed by atoms with Gasteiger partial charge in [0.15, 0.2) is 0 Å². The van der Waals surface area contributed by atoms with Gasteiger partial charge in [0.05, 0.1) is 18.8 Å². The van der Waals surface area contributed by atoms with Gasteiger partial charge in [-0.25, -0.2) is 9.97 Å². The van der Waals surface area contributed by atoms with Gasteiger partial charge < -0.3 is 10.1 Å². The van der Waals surface area contributed by atoms with Crippen LogP contribution in [0.2, 0.25) is 0 Å². The van der Waals surface area contributed by atoms with Crippen molar-refractivity contribution in [3.05, 3.63) is 30.7 Å². The van der Waals surface area contributed by atoms with E-state index in [0.29, 0.717) is 5.88 Å². The van der Waals surface area contributed by atoms with Crippen molar-refractivity contribution in [2.24, 2.45) is 0 Å². The van der Waals surface area contributed by atoms with E-state index in [1.807, 2.05) is 12.1 Å². The van der Waals surface area contributed by atoms with Crippen LogP contribution in [0.25, 0.3) is 0 Å². The van der Waals surface area contributed by atoms with Gasteiger partial charge in [-0.05, 0) is 13.0 Å². The molecule has 0 aromatic carbocycles. The number of hydrogen-bond donors (Lipinski definition) is 1. The van der Waals surface area contributed by atoms with Gasteiger partial charge in [-0.3, -0.25) is 0 Å². The molecule has 0 radical (unpaired) electrons. The van der Waals surface area contributed by atoms with Gasteiger partial charge in [0.1, 0.15) is 6.33 Å². The average Bonchev–Trinajstić information content (AvgIpc) is 2.29. The van der Waals surface area contributed by atoms with Crippen LogP contribution in [-0.2, 0) is 0 Å². The predicted molar refractivity (Wildman–Crippen MR) is 59.8 cm³/mol. The van der Waals surface area contributed by atoms with E-state index in [4.69, 9.17) is 4.74 Å². The van der Waals surface area contributed by atoms with Gasteiger partial charge in [0.2, 0.25) is 5.88 Å². The summed E-state index contributed by atoms with van der Waals surface area (Å²) in [5.74, 6) is 0.590. The van der Waals surface area contributed by atoms with E-state index < -0.39 is 0 Å².